The maximum Gasteiger partial charge on any atom is 0.326 e. The average molecular weight is 1650 g/mol. The monoisotopic (exact) mass is 1650 g/mol. The molecule has 2 fully saturated rings. The van der Waals surface area contributed by atoms with E-state index in [4.69, 9.17) is 34.4 Å². The molecule has 43 nitrogen and oxygen atoms in total. The number of carboxylic acid groups (broad SMARTS) is 2. The number of unbranched alkanes of at least 4 members (excludes halogenated alkanes) is 1. The van der Waals surface area contributed by atoms with E-state index in [0.29, 0.717) is 12.8 Å². The summed E-state index contributed by atoms with van der Waals surface area (Å²) >= 11 is 1.25. The largest absolute Gasteiger partial charge is 0.481 e. The molecule has 0 saturated carbocycles. The smallest absolute Gasteiger partial charge is 0.326 e. The number of aliphatic carboxylic acids is 2. The van der Waals surface area contributed by atoms with Gasteiger partial charge in [0.1, 0.15) is 78.5 Å². The Bertz CT molecular complexity index is 3390. The summed E-state index contributed by atoms with van der Waals surface area (Å²) in [6, 6.07) is -20.5. The fourth-order valence-electron chi connectivity index (χ4n) is 12.4. The van der Waals surface area contributed by atoms with E-state index in [1.165, 1.54) is 16.7 Å². The topological polar surface area (TPSA) is 708 Å². The molecule has 0 unspecified atom stereocenters. The number of likely N-dealkylation sites (tertiary alicyclic amines) is 2. The van der Waals surface area contributed by atoms with E-state index in [2.05, 4.69) is 68.8 Å². The van der Waals surface area contributed by atoms with E-state index < -0.39 is 235 Å². The molecule has 2 heterocycles. The Balaban J connectivity index is 2.32. The number of nitrogens with zero attached hydrogens (tertiary/aromatic N) is 3. The Hall–Kier alpha value is -10.1. The molecule has 0 spiro atoms. The highest BCUT2D eigenvalue weighted by atomic mass is 32.2. The molecule has 44 heteroatoms. The number of nitrogens with two attached hydrogens (primary N) is 6. The number of primary amides is 2. The minimum atomic E-state index is -1.96. The van der Waals surface area contributed by atoms with Crippen LogP contribution in [0.1, 0.15) is 165 Å². The first-order chi connectivity index (χ1) is 54.1. The molecule has 0 radical (unpaired) electrons. The van der Waals surface area contributed by atoms with Crippen molar-refractivity contribution in [1.29, 1.82) is 0 Å². The lowest BCUT2D eigenvalue weighted by Gasteiger charge is -2.33. The van der Waals surface area contributed by atoms with Gasteiger partial charge in [0.15, 0.2) is 5.96 Å². The lowest BCUT2D eigenvalue weighted by atomic mass is 9.96. The van der Waals surface area contributed by atoms with Crippen molar-refractivity contribution in [3.05, 3.63) is 0 Å². The van der Waals surface area contributed by atoms with Crippen molar-refractivity contribution in [1.82, 2.24) is 73.6 Å². The molecule has 16 amide bonds. The van der Waals surface area contributed by atoms with Crippen LogP contribution in [0.4, 0.5) is 0 Å². The summed E-state index contributed by atoms with van der Waals surface area (Å²) in [5.74, 6) is -20.0. The first kappa shape index (κ1) is 101. The van der Waals surface area contributed by atoms with E-state index in [1.54, 1.807) is 47.8 Å². The summed E-state index contributed by atoms with van der Waals surface area (Å²) in [5.41, 5.74) is 33.3. The van der Waals surface area contributed by atoms with Gasteiger partial charge in [-0.2, -0.15) is 11.8 Å². The Morgan fingerprint density at radius 3 is 1.43 bits per heavy atom. The summed E-state index contributed by atoms with van der Waals surface area (Å²) in [6.45, 7) is 10.4. The standard InChI is InChI=1S/C71H123N21O22S/c1-10-38(8)56(67(110)83-41(16-11-12-25-72)60(103)88-54(36(4)5)66(109)84-44(70(113)114)21-23-51(75)96)90-62(105)45(31-53(98)99)85-59(102)40(17-13-26-78-71(76)77)80-52(97)32-79-58(101)43(24-29-115-9)82-63(106)46(33-93)86-64(107)48-18-14-27-91(48)68(111)47(34-94)87-65(108)49-19-15-28-92(49)69(112)55(37(6)7)89-61(104)42(20-22-50(74)95)81-57(100)39(73)30-35(2)3/h35-49,54-56,93-94H,10-34,72-73H2,1-9H3,(H2,74,95)(H2,75,96)(H,79,101)(H,80,97)(H,81,100)(H,82,106)(H,83,110)(H,84,109)(H,85,102)(H,86,107)(H,87,108)(H,88,103)(H,89,104)(H,90,105)(H,98,99)(H,113,114)(H4,76,77,78)/t38-,39-,40-,41-,42-,43-,44-,45-,46-,47-,48-,49-,54-,55-,56-/m0/s1. The molecule has 0 aliphatic carbocycles. The zero-order valence-electron chi connectivity index (χ0n) is 66.9. The first-order valence-electron chi connectivity index (χ1n) is 38.5. The molecule has 2 aliphatic rings. The third kappa shape index (κ3) is 35.3. The molecule has 15 atom stereocenters. The summed E-state index contributed by atoms with van der Waals surface area (Å²) in [6.07, 6.45) is 0.589. The molecule has 2 aliphatic heterocycles. The Labute approximate surface area is 672 Å². The second-order valence-electron chi connectivity index (χ2n) is 29.5. The summed E-state index contributed by atoms with van der Waals surface area (Å²) in [7, 11) is 0. The van der Waals surface area contributed by atoms with Gasteiger partial charge in [-0.3, -0.25) is 86.5 Å². The minimum absolute atomic E-state index is 0.00605. The normalized spacial score (nSPS) is 17.3. The molecule has 0 aromatic heterocycles. The van der Waals surface area contributed by atoms with Gasteiger partial charge in [-0.1, -0.05) is 61.8 Å². The van der Waals surface area contributed by atoms with Gasteiger partial charge in [0, 0.05) is 32.5 Å². The van der Waals surface area contributed by atoms with Crippen LogP contribution in [-0.4, -0.2) is 285 Å². The van der Waals surface area contributed by atoms with Crippen LogP contribution in [0.3, 0.4) is 0 Å². The number of aliphatic hydroxyl groups excluding tert-OH is 2. The highest BCUT2D eigenvalue weighted by molar-refractivity contribution is 7.98. The first-order valence-corrected chi connectivity index (χ1v) is 39.9. The van der Waals surface area contributed by atoms with Gasteiger partial charge in [0.2, 0.25) is 94.5 Å². The van der Waals surface area contributed by atoms with Crippen molar-refractivity contribution < 1.29 is 107 Å². The number of carbonyl (C=O) groups is 18. The van der Waals surface area contributed by atoms with Gasteiger partial charge >= 0.3 is 11.9 Å². The van der Waals surface area contributed by atoms with Gasteiger partial charge in [-0.15, -0.1) is 0 Å². The van der Waals surface area contributed by atoms with Gasteiger partial charge in [0.05, 0.1) is 32.2 Å². The number of hydrogen-bond acceptors (Lipinski definition) is 24. The van der Waals surface area contributed by atoms with E-state index >= 15 is 0 Å². The third-order valence-electron chi connectivity index (χ3n) is 19.1. The predicted molar refractivity (Wildman–Crippen MR) is 417 cm³/mol. The lowest BCUT2D eigenvalue weighted by molar-refractivity contribution is -0.145. The number of aliphatic hydroxyl groups is 2. The maximum absolute atomic E-state index is 14.3. The fraction of sp³-hybridized carbons (Fsp3) is 0.732. The number of carbonyl (C=O) groups excluding carboxylic acids is 16. The van der Waals surface area contributed by atoms with Crippen LogP contribution >= 0.6 is 11.8 Å². The van der Waals surface area contributed by atoms with Crippen molar-refractivity contribution in [3.63, 3.8) is 0 Å². The quantitative estimate of drug-likeness (QED) is 0.0153. The number of thioether (sulfide) groups is 1. The molecular formula is C71H123N21O22S. The molecule has 0 aromatic carbocycles. The van der Waals surface area contributed by atoms with Gasteiger partial charge < -0.3 is 128 Å². The Kier molecular flexibility index (Phi) is 45.4. The highest BCUT2D eigenvalue weighted by Crippen LogP contribution is 2.24. The second kappa shape index (κ2) is 51.7. The molecule has 0 aromatic rings. The van der Waals surface area contributed by atoms with Crippen LogP contribution in [0, 0.1) is 23.7 Å². The van der Waals surface area contributed by atoms with E-state index in [0.717, 1.165) is 4.90 Å². The number of hydrogen-bond donors (Lipinski definition) is 22. The predicted octanol–water partition coefficient (Wildman–Crippen LogP) is -7.84. The second-order valence-corrected chi connectivity index (χ2v) is 30.5. The maximum atomic E-state index is 14.3. The lowest BCUT2D eigenvalue weighted by Crippen LogP contribution is -2.61. The number of carboxylic acids is 2. The Morgan fingerprint density at radius 2 is 0.930 bits per heavy atom. The van der Waals surface area contributed by atoms with E-state index in [1.807, 2.05) is 13.8 Å². The van der Waals surface area contributed by atoms with E-state index in [9.17, 15) is 107 Å². The summed E-state index contributed by atoms with van der Waals surface area (Å²) < 4.78 is 0. The SMILES string of the molecule is CC[C@H](C)[C@H](NC(=O)[C@H](CC(=O)O)NC(=O)[C@H](CCCN=C(N)N)NC(=O)CNC(=O)[C@H](CCSC)NC(=O)[C@H](CO)NC(=O)[C@@H]1CCCN1C(=O)[C@H](CO)NC(=O)[C@@H]1CCCN1C(=O)[C@@H](NC(=O)[C@H](CCC(N)=O)NC(=O)[C@@H](N)CC(C)C)C(C)C)C(=O)N[C@@H](CCCCN)C(=O)N[C@H](C(=O)N[C@@H](CCC(N)=O)C(=O)O)C(C)C. The zero-order chi connectivity index (χ0) is 87.1. The number of guanidine groups is 1. The van der Waals surface area contributed by atoms with Crippen LogP contribution < -0.4 is 98.2 Å². The molecule has 650 valence electrons. The molecule has 28 N–H and O–H groups in total. The Morgan fingerprint density at radius 1 is 0.487 bits per heavy atom. The van der Waals surface area contributed by atoms with Crippen LogP contribution in [0.5, 0.6) is 0 Å². The molecule has 0 bridgehead atoms. The van der Waals surface area contributed by atoms with Gasteiger partial charge in [-0.25, -0.2) is 4.79 Å². The molecular weight excluding hydrogens is 1530 g/mol. The van der Waals surface area contributed by atoms with Crippen LogP contribution in [0.15, 0.2) is 4.99 Å². The molecule has 115 heavy (non-hydrogen) atoms. The van der Waals surface area contributed by atoms with E-state index in [-0.39, 0.29) is 134 Å². The fourth-order valence-corrected chi connectivity index (χ4v) is 12.9. The summed E-state index contributed by atoms with van der Waals surface area (Å²) in [4.78, 5) is 249. The number of rotatable bonds is 54. The molecule has 2 rings (SSSR count). The van der Waals surface area contributed by atoms with Crippen molar-refractivity contribution in [2.45, 2.75) is 249 Å². The van der Waals surface area contributed by atoms with Crippen molar-refractivity contribution in [2.75, 3.05) is 57.9 Å². The van der Waals surface area contributed by atoms with Crippen molar-refractivity contribution in [3.8, 4) is 0 Å². The van der Waals surface area contributed by atoms with Crippen molar-refractivity contribution in [2.24, 2.45) is 63.1 Å². The number of aliphatic imine (C=N–C) groups is 1. The highest BCUT2D eigenvalue weighted by Gasteiger charge is 2.44. The van der Waals surface area contributed by atoms with Gasteiger partial charge in [0.25, 0.3) is 0 Å². The molecule has 2 saturated heterocycles. The summed E-state index contributed by atoms with van der Waals surface area (Å²) in [5, 5.41) is 70.2. The van der Waals surface area contributed by atoms with Gasteiger partial charge in [-0.05, 0) is 126 Å². The van der Waals surface area contributed by atoms with Crippen LogP contribution in [0.2, 0.25) is 0 Å². The average Bonchev–Trinajstić information content (AvgIpc) is 1.70. The third-order valence-corrected chi connectivity index (χ3v) is 19.7. The van der Waals surface area contributed by atoms with Crippen LogP contribution in [-0.2, 0) is 86.3 Å². The van der Waals surface area contributed by atoms with Crippen LogP contribution in [0.25, 0.3) is 0 Å². The van der Waals surface area contributed by atoms with Crippen molar-refractivity contribution >= 4 is 124 Å². The number of amides is 16. The number of nitrogens with one attached hydrogen (secondary N) is 12. The zero-order valence-corrected chi connectivity index (χ0v) is 67.7. The minimum Gasteiger partial charge on any atom is -0.481 e.